The summed E-state index contributed by atoms with van der Waals surface area (Å²) in [7, 11) is 3.86. The number of anilines is 1. The molecule has 2 aromatic carbocycles. The SMILES string of the molecule is CN(C)CCN(C(=O)c1ccc(C#N)cc1)c1nc2ccc(F)cc2s1. The van der Waals surface area contributed by atoms with Crippen LogP contribution in [-0.2, 0) is 0 Å². The summed E-state index contributed by atoms with van der Waals surface area (Å²) >= 11 is 1.28. The van der Waals surface area contributed by atoms with Gasteiger partial charge in [0.1, 0.15) is 5.82 Å². The van der Waals surface area contributed by atoms with E-state index in [1.165, 1.54) is 23.5 Å². The Bertz CT molecular complexity index is 975. The molecular formula is C19H17FN4OS. The molecule has 0 aliphatic rings. The summed E-state index contributed by atoms with van der Waals surface area (Å²) in [6.45, 7) is 1.11. The summed E-state index contributed by atoms with van der Waals surface area (Å²) in [6.07, 6.45) is 0. The number of hydrogen-bond acceptors (Lipinski definition) is 5. The lowest BCUT2D eigenvalue weighted by molar-refractivity contribution is 0.0985. The normalized spacial score (nSPS) is 10.9. The number of aromatic nitrogens is 1. The van der Waals surface area contributed by atoms with Crippen LogP contribution in [-0.4, -0.2) is 43.0 Å². The van der Waals surface area contributed by atoms with Gasteiger partial charge in [-0.2, -0.15) is 5.26 Å². The van der Waals surface area contributed by atoms with Crippen molar-refractivity contribution in [3.05, 3.63) is 59.4 Å². The summed E-state index contributed by atoms with van der Waals surface area (Å²) in [5.74, 6) is -0.526. The third kappa shape index (κ3) is 3.87. The number of rotatable bonds is 5. The van der Waals surface area contributed by atoms with E-state index >= 15 is 0 Å². The Kier molecular flexibility index (Phi) is 5.26. The van der Waals surface area contributed by atoms with Crippen molar-refractivity contribution in [2.24, 2.45) is 0 Å². The maximum Gasteiger partial charge on any atom is 0.260 e. The number of thiazole rings is 1. The van der Waals surface area contributed by atoms with Crippen LogP contribution in [0.25, 0.3) is 10.2 Å². The zero-order valence-corrected chi connectivity index (χ0v) is 15.3. The topological polar surface area (TPSA) is 60.2 Å². The van der Waals surface area contributed by atoms with Crippen LogP contribution >= 0.6 is 11.3 Å². The summed E-state index contributed by atoms with van der Waals surface area (Å²) in [4.78, 5) is 21.1. The number of hydrogen-bond donors (Lipinski definition) is 0. The zero-order chi connectivity index (χ0) is 18.7. The Morgan fingerprint density at radius 3 is 2.58 bits per heavy atom. The van der Waals surface area contributed by atoms with Crippen LogP contribution in [0.15, 0.2) is 42.5 Å². The van der Waals surface area contributed by atoms with E-state index in [9.17, 15) is 9.18 Å². The minimum absolute atomic E-state index is 0.198. The monoisotopic (exact) mass is 368 g/mol. The van der Waals surface area contributed by atoms with Crippen molar-refractivity contribution in [3.63, 3.8) is 0 Å². The lowest BCUT2D eigenvalue weighted by atomic mass is 10.1. The average Bonchev–Trinajstić information content (AvgIpc) is 3.04. The molecule has 0 radical (unpaired) electrons. The van der Waals surface area contributed by atoms with Gasteiger partial charge in [-0.1, -0.05) is 11.3 Å². The first-order valence-electron chi connectivity index (χ1n) is 8.01. The Labute approximate surface area is 154 Å². The van der Waals surface area contributed by atoms with Crippen molar-refractivity contribution >= 4 is 32.6 Å². The number of nitriles is 1. The summed E-state index contributed by atoms with van der Waals surface area (Å²) in [6, 6.07) is 12.9. The Morgan fingerprint density at radius 1 is 1.19 bits per heavy atom. The molecule has 1 aromatic heterocycles. The molecule has 0 N–H and O–H groups in total. The van der Waals surface area contributed by atoms with Crippen molar-refractivity contribution in [1.82, 2.24) is 9.88 Å². The highest BCUT2D eigenvalue weighted by Gasteiger charge is 2.21. The Hall–Kier alpha value is -2.82. The quantitative estimate of drug-likeness (QED) is 0.691. The van der Waals surface area contributed by atoms with E-state index in [2.05, 4.69) is 4.98 Å². The van der Waals surface area contributed by atoms with Crippen molar-refractivity contribution in [3.8, 4) is 6.07 Å². The summed E-state index contributed by atoms with van der Waals surface area (Å²) < 4.78 is 14.2. The molecule has 5 nitrogen and oxygen atoms in total. The average molecular weight is 368 g/mol. The largest absolute Gasteiger partial charge is 0.308 e. The van der Waals surface area contributed by atoms with Crippen LogP contribution in [0.4, 0.5) is 9.52 Å². The van der Waals surface area contributed by atoms with E-state index in [0.717, 1.165) is 0 Å². The number of fused-ring (bicyclic) bond motifs is 1. The number of amides is 1. The molecule has 0 bridgehead atoms. The van der Waals surface area contributed by atoms with Gasteiger partial charge >= 0.3 is 0 Å². The second kappa shape index (κ2) is 7.60. The van der Waals surface area contributed by atoms with Crippen LogP contribution < -0.4 is 4.90 Å². The Morgan fingerprint density at radius 2 is 1.92 bits per heavy atom. The lowest BCUT2D eigenvalue weighted by Crippen LogP contribution is -2.36. The molecule has 7 heteroatoms. The van der Waals surface area contributed by atoms with Crippen LogP contribution in [0.1, 0.15) is 15.9 Å². The van der Waals surface area contributed by atoms with Gasteiger partial charge in [-0.05, 0) is 56.6 Å². The summed E-state index contributed by atoms with van der Waals surface area (Å²) in [5.41, 5.74) is 1.64. The van der Waals surface area contributed by atoms with Crippen molar-refractivity contribution in [2.75, 3.05) is 32.1 Å². The van der Waals surface area contributed by atoms with Crippen molar-refractivity contribution in [1.29, 1.82) is 5.26 Å². The maximum atomic E-state index is 13.5. The van der Waals surface area contributed by atoms with Crippen LogP contribution in [0.3, 0.4) is 0 Å². The van der Waals surface area contributed by atoms with Gasteiger partial charge in [-0.3, -0.25) is 9.69 Å². The van der Waals surface area contributed by atoms with E-state index in [0.29, 0.717) is 39.6 Å². The van der Waals surface area contributed by atoms with E-state index in [1.807, 2.05) is 25.1 Å². The molecule has 0 spiro atoms. The van der Waals surface area contributed by atoms with E-state index in [1.54, 1.807) is 35.2 Å². The minimum Gasteiger partial charge on any atom is -0.308 e. The summed E-state index contributed by atoms with van der Waals surface area (Å²) in [5, 5.41) is 9.44. The molecule has 0 saturated heterocycles. The van der Waals surface area contributed by atoms with Gasteiger partial charge < -0.3 is 4.90 Å². The number of likely N-dealkylation sites (N-methyl/N-ethyl adjacent to an activating group) is 1. The van der Waals surface area contributed by atoms with Gasteiger partial charge in [0.2, 0.25) is 0 Å². The smallest absolute Gasteiger partial charge is 0.260 e. The number of halogens is 1. The second-order valence-corrected chi connectivity index (χ2v) is 7.07. The first kappa shape index (κ1) is 18.0. The molecule has 1 amide bonds. The number of nitrogens with zero attached hydrogens (tertiary/aromatic N) is 4. The van der Waals surface area contributed by atoms with Gasteiger partial charge in [0.25, 0.3) is 5.91 Å². The van der Waals surface area contributed by atoms with Crippen LogP contribution in [0.2, 0.25) is 0 Å². The standard InChI is InChI=1S/C19H17FN4OS/c1-23(2)9-10-24(18(25)14-5-3-13(12-21)4-6-14)19-22-16-8-7-15(20)11-17(16)26-19/h3-8,11H,9-10H2,1-2H3. The van der Waals surface area contributed by atoms with Gasteiger partial charge in [-0.25, -0.2) is 9.37 Å². The fourth-order valence-electron chi connectivity index (χ4n) is 2.43. The molecule has 1 heterocycles. The predicted molar refractivity (Wildman–Crippen MR) is 101 cm³/mol. The number of carbonyl (C=O) groups excluding carboxylic acids is 1. The van der Waals surface area contributed by atoms with Crippen LogP contribution in [0.5, 0.6) is 0 Å². The van der Waals surface area contributed by atoms with E-state index in [-0.39, 0.29) is 11.7 Å². The molecule has 0 aliphatic carbocycles. The van der Waals surface area contributed by atoms with Gasteiger partial charge in [0.05, 0.1) is 21.8 Å². The van der Waals surface area contributed by atoms with Crippen LogP contribution in [0, 0.1) is 17.1 Å². The molecule has 0 saturated carbocycles. The number of benzene rings is 2. The molecule has 0 atom stereocenters. The van der Waals surface area contributed by atoms with Gasteiger partial charge in [-0.15, -0.1) is 0 Å². The van der Waals surface area contributed by atoms with Crippen molar-refractivity contribution in [2.45, 2.75) is 0 Å². The molecular weight excluding hydrogens is 351 g/mol. The molecule has 3 aromatic rings. The van der Waals surface area contributed by atoms with Gasteiger partial charge in [0, 0.05) is 18.7 Å². The highest BCUT2D eigenvalue weighted by atomic mass is 32.1. The first-order chi connectivity index (χ1) is 12.5. The first-order valence-corrected chi connectivity index (χ1v) is 8.82. The fourth-order valence-corrected chi connectivity index (χ4v) is 3.44. The van der Waals surface area contributed by atoms with E-state index < -0.39 is 0 Å². The second-order valence-electron chi connectivity index (χ2n) is 6.06. The highest BCUT2D eigenvalue weighted by molar-refractivity contribution is 7.22. The van der Waals surface area contributed by atoms with Gasteiger partial charge in [0.15, 0.2) is 5.13 Å². The predicted octanol–water partition coefficient (Wildman–Crippen LogP) is 3.52. The molecule has 0 fully saturated rings. The zero-order valence-electron chi connectivity index (χ0n) is 14.4. The fraction of sp³-hybridized carbons (Fsp3) is 0.211. The highest BCUT2D eigenvalue weighted by Crippen LogP contribution is 2.30. The number of carbonyl (C=O) groups is 1. The minimum atomic E-state index is -0.328. The lowest BCUT2D eigenvalue weighted by Gasteiger charge is -2.22. The third-order valence-electron chi connectivity index (χ3n) is 3.85. The Balaban J connectivity index is 1.97. The maximum absolute atomic E-state index is 13.5. The molecule has 0 aliphatic heterocycles. The molecule has 3 rings (SSSR count). The third-order valence-corrected chi connectivity index (χ3v) is 4.89. The molecule has 0 unspecified atom stereocenters. The molecule has 26 heavy (non-hydrogen) atoms. The van der Waals surface area contributed by atoms with E-state index in [4.69, 9.17) is 5.26 Å². The van der Waals surface area contributed by atoms with Crippen molar-refractivity contribution < 1.29 is 9.18 Å². The molecule has 132 valence electrons.